The van der Waals surface area contributed by atoms with E-state index in [1.807, 2.05) is 34.7 Å². The van der Waals surface area contributed by atoms with E-state index >= 15 is 0 Å². The van der Waals surface area contributed by atoms with Gasteiger partial charge in [-0.3, -0.25) is 9.59 Å². The van der Waals surface area contributed by atoms with Crippen LogP contribution in [-0.2, 0) is 9.59 Å². The monoisotopic (exact) mass is 346 g/mol. The van der Waals surface area contributed by atoms with Crippen LogP contribution < -0.4 is 15.5 Å². The molecule has 0 bridgehead atoms. The highest BCUT2D eigenvalue weighted by atomic mass is 16.2. The summed E-state index contributed by atoms with van der Waals surface area (Å²) in [6.45, 7) is 8.21. The minimum Gasteiger partial charge on any atom is -0.348 e. The molecule has 3 N–H and O–H groups in total. The second kappa shape index (κ2) is 8.48. The minimum absolute atomic E-state index is 0.0416. The molecule has 0 aliphatic heterocycles. The number of aryl methyl sites for hydroxylation is 3. The van der Waals surface area contributed by atoms with Crippen molar-refractivity contribution < 1.29 is 14.5 Å². The molecule has 5 heteroatoms. The fourth-order valence-corrected chi connectivity index (χ4v) is 3.59. The molecule has 1 fully saturated rings. The molecule has 1 aromatic rings. The molecule has 1 saturated carbocycles. The summed E-state index contributed by atoms with van der Waals surface area (Å²) in [5.74, 6) is -0.0204. The fraction of sp³-hybridized carbons (Fsp3) is 0.600. The van der Waals surface area contributed by atoms with E-state index in [-0.39, 0.29) is 24.4 Å². The zero-order valence-corrected chi connectivity index (χ0v) is 16.2. The summed E-state index contributed by atoms with van der Waals surface area (Å²) in [5.41, 5.74) is 4.20. The predicted molar refractivity (Wildman–Crippen MR) is 101 cm³/mol. The van der Waals surface area contributed by atoms with Crippen molar-refractivity contribution in [2.45, 2.75) is 65.5 Å². The number of rotatable bonds is 6. The maximum Gasteiger partial charge on any atom is 0.279 e. The van der Waals surface area contributed by atoms with E-state index in [1.54, 1.807) is 0 Å². The molecule has 0 heterocycles. The first-order valence-electron chi connectivity index (χ1n) is 9.28. The molecular weight excluding hydrogens is 314 g/mol. The second-order valence-electron chi connectivity index (χ2n) is 7.56. The molecule has 2 rings (SSSR count). The standard InChI is InChI=1S/C20H31N3O2/c1-13-10-14(2)19(15(3)11-13)22-18(24)12-23(5)16(4)20(25)21-17-8-6-7-9-17/h10-11,16-17H,6-9,12H2,1-5H3,(H,21,25)(H,22,24)/p+1/t16-/m1/s1. The van der Waals surface area contributed by atoms with Crippen LogP contribution in [-0.4, -0.2) is 37.5 Å². The van der Waals surface area contributed by atoms with Crippen LogP contribution in [0.5, 0.6) is 0 Å². The Labute approximate surface area is 151 Å². The number of benzene rings is 1. The van der Waals surface area contributed by atoms with E-state index in [0.717, 1.165) is 34.6 Å². The highest BCUT2D eigenvalue weighted by molar-refractivity contribution is 5.93. The van der Waals surface area contributed by atoms with Gasteiger partial charge in [0.2, 0.25) is 0 Å². The maximum absolute atomic E-state index is 12.4. The minimum atomic E-state index is -0.244. The zero-order chi connectivity index (χ0) is 18.6. The van der Waals surface area contributed by atoms with Gasteiger partial charge in [0.1, 0.15) is 0 Å². The molecule has 1 aliphatic carbocycles. The molecule has 0 saturated heterocycles. The third-order valence-electron chi connectivity index (χ3n) is 5.21. The maximum atomic E-state index is 12.4. The summed E-state index contributed by atoms with van der Waals surface area (Å²) < 4.78 is 0. The Kier molecular flexibility index (Phi) is 6.59. The number of hydrogen-bond acceptors (Lipinski definition) is 2. The van der Waals surface area contributed by atoms with Gasteiger partial charge in [-0.15, -0.1) is 0 Å². The number of carbonyl (C=O) groups excluding carboxylic acids is 2. The Morgan fingerprint density at radius 2 is 1.72 bits per heavy atom. The Balaban J connectivity index is 1.89. The number of hydrogen-bond donors (Lipinski definition) is 3. The van der Waals surface area contributed by atoms with E-state index in [9.17, 15) is 9.59 Å². The van der Waals surface area contributed by atoms with E-state index in [1.165, 1.54) is 18.4 Å². The lowest BCUT2D eigenvalue weighted by Crippen LogP contribution is -3.15. The van der Waals surface area contributed by atoms with Crippen LogP contribution in [0.25, 0.3) is 0 Å². The van der Waals surface area contributed by atoms with Crippen LogP contribution >= 0.6 is 0 Å². The molecule has 2 atom stereocenters. The van der Waals surface area contributed by atoms with Crippen LogP contribution in [0.2, 0.25) is 0 Å². The van der Waals surface area contributed by atoms with Gasteiger partial charge in [0.15, 0.2) is 12.6 Å². The van der Waals surface area contributed by atoms with Crippen LogP contribution in [0.1, 0.15) is 49.3 Å². The van der Waals surface area contributed by atoms with Crippen molar-refractivity contribution in [3.8, 4) is 0 Å². The third kappa shape index (κ3) is 5.30. The molecule has 2 amide bonds. The Morgan fingerprint density at radius 1 is 1.16 bits per heavy atom. The summed E-state index contributed by atoms with van der Waals surface area (Å²) in [7, 11) is 1.90. The lowest BCUT2D eigenvalue weighted by Gasteiger charge is -2.23. The summed E-state index contributed by atoms with van der Waals surface area (Å²) in [6.07, 6.45) is 4.54. The molecule has 5 nitrogen and oxygen atoms in total. The molecule has 0 radical (unpaired) electrons. The molecule has 25 heavy (non-hydrogen) atoms. The Morgan fingerprint density at radius 3 is 2.28 bits per heavy atom. The molecule has 0 aromatic heterocycles. The smallest absolute Gasteiger partial charge is 0.279 e. The van der Waals surface area contributed by atoms with Gasteiger partial charge in [0.25, 0.3) is 11.8 Å². The largest absolute Gasteiger partial charge is 0.348 e. The summed E-state index contributed by atoms with van der Waals surface area (Å²) in [4.78, 5) is 25.7. The number of likely N-dealkylation sites (N-methyl/N-ethyl adjacent to an activating group) is 1. The molecule has 1 aromatic carbocycles. The van der Waals surface area contributed by atoms with Crippen molar-refractivity contribution in [3.05, 3.63) is 28.8 Å². The average Bonchev–Trinajstić information content (AvgIpc) is 3.02. The van der Waals surface area contributed by atoms with Crippen LogP contribution in [0, 0.1) is 20.8 Å². The Hall–Kier alpha value is -1.88. The summed E-state index contributed by atoms with van der Waals surface area (Å²) >= 11 is 0. The van der Waals surface area contributed by atoms with Crippen molar-refractivity contribution in [3.63, 3.8) is 0 Å². The van der Waals surface area contributed by atoms with Gasteiger partial charge in [-0.1, -0.05) is 30.5 Å². The first-order chi connectivity index (χ1) is 11.8. The van der Waals surface area contributed by atoms with Gasteiger partial charge in [-0.05, 0) is 51.7 Å². The topological polar surface area (TPSA) is 62.6 Å². The van der Waals surface area contributed by atoms with Crippen molar-refractivity contribution in [2.24, 2.45) is 0 Å². The molecule has 138 valence electrons. The van der Waals surface area contributed by atoms with Crippen molar-refractivity contribution in [1.29, 1.82) is 0 Å². The van der Waals surface area contributed by atoms with Crippen molar-refractivity contribution in [1.82, 2.24) is 5.32 Å². The SMILES string of the molecule is Cc1cc(C)c(NC(=O)C[NH+](C)[C@H](C)C(=O)NC2CCCC2)c(C)c1. The number of nitrogens with one attached hydrogen (secondary N) is 3. The number of quaternary nitrogens is 1. The predicted octanol–water partition coefficient (Wildman–Crippen LogP) is 1.51. The first kappa shape index (κ1) is 19.4. The normalized spacial score (nSPS) is 17.2. The molecule has 1 unspecified atom stereocenters. The van der Waals surface area contributed by atoms with E-state index in [0.29, 0.717) is 6.04 Å². The number of anilines is 1. The zero-order valence-electron chi connectivity index (χ0n) is 16.2. The summed E-state index contributed by atoms with van der Waals surface area (Å²) in [5, 5.41) is 6.13. The summed E-state index contributed by atoms with van der Waals surface area (Å²) in [6, 6.07) is 4.20. The van der Waals surface area contributed by atoms with Gasteiger partial charge in [0.05, 0.1) is 7.05 Å². The van der Waals surface area contributed by atoms with Gasteiger partial charge in [0, 0.05) is 11.7 Å². The average molecular weight is 346 g/mol. The van der Waals surface area contributed by atoms with Gasteiger partial charge in [-0.2, -0.15) is 0 Å². The van der Waals surface area contributed by atoms with Crippen molar-refractivity contribution in [2.75, 3.05) is 18.9 Å². The van der Waals surface area contributed by atoms with Gasteiger partial charge < -0.3 is 15.5 Å². The van der Waals surface area contributed by atoms with Crippen LogP contribution in [0.15, 0.2) is 12.1 Å². The van der Waals surface area contributed by atoms with Gasteiger partial charge >= 0.3 is 0 Å². The van der Waals surface area contributed by atoms with Crippen LogP contribution in [0.3, 0.4) is 0 Å². The van der Waals surface area contributed by atoms with E-state index in [2.05, 4.69) is 22.8 Å². The second-order valence-corrected chi connectivity index (χ2v) is 7.56. The third-order valence-corrected chi connectivity index (χ3v) is 5.21. The molecule has 1 aliphatic rings. The highest BCUT2D eigenvalue weighted by Crippen LogP contribution is 2.21. The highest BCUT2D eigenvalue weighted by Gasteiger charge is 2.27. The van der Waals surface area contributed by atoms with Gasteiger partial charge in [-0.25, -0.2) is 0 Å². The fourth-order valence-electron chi connectivity index (χ4n) is 3.59. The molecule has 0 spiro atoms. The molecular formula is C20H32N3O2+. The Bertz CT molecular complexity index is 613. The number of amides is 2. The number of carbonyl (C=O) groups is 2. The van der Waals surface area contributed by atoms with E-state index < -0.39 is 0 Å². The lowest BCUT2D eigenvalue weighted by molar-refractivity contribution is -0.885. The van der Waals surface area contributed by atoms with E-state index in [4.69, 9.17) is 0 Å². The lowest BCUT2D eigenvalue weighted by atomic mass is 10.1. The quantitative estimate of drug-likeness (QED) is 0.731. The van der Waals surface area contributed by atoms with Crippen molar-refractivity contribution >= 4 is 17.5 Å². The van der Waals surface area contributed by atoms with Crippen LogP contribution in [0.4, 0.5) is 5.69 Å². The first-order valence-corrected chi connectivity index (χ1v) is 9.28.